The van der Waals surface area contributed by atoms with Crippen LogP contribution in [-0.2, 0) is 35.1 Å². The molecule has 0 unspecified atom stereocenters. The fourth-order valence-corrected chi connectivity index (χ4v) is 3.27. The molecule has 4 amide bonds. The van der Waals surface area contributed by atoms with E-state index in [-0.39, 0.29) is 26.0 Å². The topological polar surface area (TPSA) is 171 Å². The van der Waals surface area contributed by atoms with Crippen molar-refractivity contribution in [2.75, 3.05) is 13.7 Å². The summed E-state index contributed by atoms with van der Waals surface area (Å²) in [4.78, 5) is 68.2. The molecule has 0 aliphatic carbocycles. The molecule has 0 heterocycles. The minimum absolute atomic E-state index is 0.0200. The summed E-state index contributed by atoms with van der Waals surface area (Å²) in [5.74, 6) is -1.27. The summed E-state index contributed by atoms with van der Waals surface area (Å²) >= 11 is 0. The molecule has 0 aromatic heterocycles. The zero-order valence-corrected chi connectivity index (χ0v) is 27.3. The van der Waals surface area contributed by atoms with Crippen LogP contribution in [-0.4, -0.2) is 77.7 Å². The second-order valence-electron chi connectivity index (χ2n) is 12.6. The minimum Gasteiger partial charge on any atom is -0.467 e. The molecule has 1 rings (SSSR count). The van der Waals surface area contributed by atoms with E-state index in [1.54, 1.807) is 86.6 Å². The Morgan fingerprint density at radius 1 is 0.818 bits per heavy atom. The number of aliphatic imine (C=N–C) groups is 1. The summed E-state index contributed by atoms with van der Waals surface area (Å²) < 4.78 is 26.0. The van der Waals surface area contributed by atoms with Crippen LogP contribution in [0.3, 0.4) is 0 Å². The van der Waals surface area contributed by atoms with E-state index in [0.717, 1.165) is 17.6 Å². The number of amides is 4. The van der Waals surface area contributed by atoms with Gasteiger partial charge in [-0.3, -0.25) is 5.32 Å². The third kappa shape index (κ3) is 16.3. The Labute approximate surface area is 258 Å². The number of ether oxygens (including phenoxy) is 5. The van der Waals surface area contributed by atoms with Crippen LogP contribution in [0.2, 0.25) is 0 Å². The van der Waals surface area contributed by atoms with Gasteiger partial charge in [0.2, 0.25) is 5.96 Å². The predicted molar refractivity (Wildman–Crippen MR) is 161 cm³/mol. The number of guanidine groups is 1. The van der Waals surface area contributed by atoms with Gasteiger partial charge in [0.1, 0.15) is 29.5 Å². The number of nitrogens with one attached hydrogen (secondary N) is 2. The van der Waals surface area contributed by atoms with Crippen molar-refractivity contribution in [3.63, 3.8) is 0 Å². The van der Waals surface area contributed by atoms with Crippen LogP contribution in [0.5, 0.6) is 0 Å². The Morgan fingerprint density at radius 2 is 1.39 bits per heavy atom. The third-order valence-electron chi connectivity index (χ3n) is 4.94. The van der Waals surface area contributed by atoms with Crippen LogP contribution in [0.4, 0.5) is 19.2 Å². The maximum absolute atomic E-state index is 13.3. The van der Waals surface area contributed by atoms with E-state index in [0.29, 0.717) is 0 Å². The van der Waals surface area contributed by atoms with Gasteiger partial charge in [0, 0.05) is 6.54 Å². The Balaban J connectivity index is 3.22. The van der Waals surface area contributed by atoms with Gasteiger partial charge in [-0.05, 0) is 80.7 Å². The number of rotatable bonds is 8. The van der Waals surface area contributed by atoms with Crippen molar-refractivity contribution < 1.29 is 47.7 Å². The molecule has 44 heavy (non-hydrogen) atoms. The number of hydrogen-bond donors (Lipinski definition) is 2. The second-order valence-corrected chi connectivity index (χ2v) is 12.6. The minimum atomic E-state index is -1.14. The first-order chi connectivity index (χ1) is 20.2. The van der Waals surface area contributed by atoms with Crippen LogP contribution in [0, 0.1) is 0 Å². The molecule has 0 saturated carbocycles. The Hall–Kier alpha value is -4.36. The first-order valence-corrected chi connectivity index (χ1v) is 14.1. The number of methoxy groups -OCH3 is 1. The molecule has 0 bridgehead atoms. The van der Waals surface area contributed by atoms with Crippen LogP contribution in [0.25, 0.3) is 0 Å². The monoisotopic (exact) mass is 622 g/mol. The maximum atomic E-state index is 13.3. The van der Waals surface area contributed by atoms with Crippen LogP contribution < -0.4 is 10.6 Å². The number of carbonyl (C=O) groups excluding carboxylic acids is 5. The van der Waals surface area contributed by atoms with Gasteiger partial charge < -0.3 is 29.0 Å². The van der Waals surface area contributed by atoms with Gasteiger partial charge in [0.05, 0.1) is 7.11 Å². The standard InChI is InChI=1S/C30H46N4O10/c1-28(2,3)42-25(37)32-23(33-26(38)43-29(4,5)6)34(27(39)44-30(7,8)9)18-14-17-21(22(35)40-10)31-24(36)41-19-20-15-12-11-13-16-20/h11-13,15-16,21H,14,17-19H2,1-10H3,(H,31,36)(H,32,33,37,38)/t21-/m0/s1. The lowest BCUT2D eigenvalue weighted by molar-refractivity contribution is -0.143. The quantitative estimate of drug-likeness (QED) is 0.168. The lowest BCUT2D eigenvalue weighted by Gasteiger charge is -2.29. The van der Waals surface area contributed by atoms with Gasteiger partial charge in [-0.15, -0.1) is 4.99 Å². The number of hydrogen-bond acceptors (Lipinski definition) is 10. The van der Waals surface area contributed by atoms with Crippen LogP contribution in [0.1, 0.15) is 80.7 Å². The summed E-state index contributed by atoms with van der Waals surface area (Å²) in [5, 5.41) is 4.79. The average molecular weight is 623 g/mol. The Morgan fingerprint density at radius 3 is 1.91 bits per heavy atom. The first-order valence-electron chi connectivity index (χ1n) is 14.1. The van der Waals surface area contributed by atoms with Crippen molar-refractivity contribution in [3.8, 4) is 0 Å². The smallest absolute Gasteiger partial charge is 0.437 e. The highest BCUT2D eigenvalue weighted by molar-refractivity contribution is 6.05. The third-order valence-corrected chi connectivity index (χ3v) is 4.94. The zero-order valence-electron chi connectivity index (χ0n) is 27.3. The maximum Gasteiger partial charge on any atom is 0.437 e. The highest BCUT2D eigenvalue weighted by atomic mass is 16.6. The molecular weight excluding hydrogens is 576 g/mol. The van der Waals surface area contributed by atoms with Gasteiger partial charge in [-0.1, -0.05) is 30.3 Å². The van der Waals surface area contributed by atoms with E-state index in [1.807, 2.05) is 6.07 Å². The number of esters is 1. The second kappa shape index (κ2) is 16.5. The Bertz CT molecular complexity index is 1160. The molecule has 0 fully saturated rings. The normalized spacial score (nSPS) is 12.7. The fraction of sp³-hybridized carbons (Fsp3) is 0.600. The SMILES string of the molecule is COC(=O)[C@H](CCCN(C(=O)OC(C)(C)C)/C(=N\C(=O)OC(C)(C)C)NC(=O)OC(C)(C)C)NC(=O)OCc1ccccc1. The molecular formula is C30H46N4O10. The van der Waals surface area contributed by atoms with E-state index in [4.69, 9.17) is 23.7 Å². The van der Waals surface area contributed by atoms with Gasteiger partial charge in [0.15, 0.2) is 0 Å². The molecule has 246 valence electrons. The lowest BCUT2D eigenvalue weighted by atomic mass is 10.1. The zero-order chi connectivity index (χ0) is 33.7. The molecule has 14 nitrogen and oxygen atoms in total. The summed E-state index contributed by atoms with van der Waals surface area (Å²) in [6.45, 7) is 14.4. The summed E-state index contributed by atoms with van der Waals surface area (Å²) in [6.07, 6.45) is -3.89. The number of carbonyl (C=O) groups is 5. The molecule has 0 aliphatic rings. The first kappa shape index (κ1) is 37.7. The van der Waals surface area contributed by atoms with Gasteiger partial charge in [-0.2, -0.15) is 0 Å². The van der Waals surface area contributed by atoms with E-state index >= 15 is 0 Å². The lowest BCUT2D eigenvalue weighted by Crippen LogP contribution is -2.51. The molecule has 1 aromatic rings. The van der Waals surface area contributed by atoms with E-state index in [2.05, 4.69) is 15.6 Å². The number of nitrogens with zero attached hydrogens (tertiary/aromatic N) is 2. The van der Waals surface area contributed by atoms with Crippen LogP contribution in [0.15, 0.2) is 35.3 Å². The fourth-order valence-electron chi connectivity index (χ4n) is 3.27. The predicted octanol–water partition coefficient (Wildman–Crippen LogP) is 5.29. The van der Waals surface area contributed by atoms with Crippen molar-refractivity contribution in [2.45, 2.75) is 105 Å². The van der Waals surface area contributed by atoms with Crippen molar-refractivity contribution >= 4 is 36.3 Å². The molecule has 1 atom stereocenters. The summed E-state index contributed by atoms with van der Waals surface area (Å²) in [6, 6.07) is 7.82. The molecule has 0 saturated heterocycles. The Kier molecular flexibility index (Phi) is 14.1. The largest absolute Gasteiger partial charge is 0.467 e. The van der Waals surface area contributed by atoms with Gasteiger partial charge in [-0.25, -0.2) is 28.9 Å². The highest BCUT2D eigenvalue weighted by Crippen LogP contribution is 2.14. The van der Waals surface area contributed by atoms with Gasteiger partial charge in [0.25, 0.3) is 0 Å². The van der Waals surface area contributed by atoms with Crippen molar-refractivity contribution in [1.82, 2.24) is 15.5 Å². The molecule has 14 heteroatoms. The molecule has 0 spiro atoms. The van der Waals surface area contributed by atoms with Crippen molar-refractivity contribution in [2.24, 2.45) is 4.99 Å². The average Bonchev–Trinajstić information content (AvgIpc) is 2.85. The molecule has 0 radical (unpaired) electrons. The highest BCUT2D eigenvalue weighted by Gasteiger charge is 2.31. The van der Waals surface area contributed by atoms with E-state index < -0.39 is 59.1 Å². The van der Waals surface area contributed by atoms with E-state index in [9.17, 15) is 24.0 Å². The number of benzene rings is 1. The number of alkyl carbamates (subject to hydrolysis) is 2. The van der Waals surface area contributed by atoms with Crippen molar-refractivity contribution in [3.05, 3.63) is 35.9 Å². The molecule has 2 N–H and O–H groups in total. The summed E-state index contributed by atoms with van der Waals surface area (Å²) in [7, 11) is 1.16. The van der Waals surface area contributed by atoms with Crippen LogP contribution >= 0.6 is 0 Å². The van der Waals surface area contributed by atoms with Crippen molar-refractivity contribution in [1.29, 1.82) is 0 Å². The molecule has 0 aliphatic heterocycles. The summed E-state index contributed by atoms with van der Waals surface area (Å²) in [5.41, 5.74) is -2.05. The van der Waals surface area contributed by atoms with E-state index in [1.165, 1.54) is 0 Å². The van der Waals surface area contributed by atoms with Gasteiger partial charge >= 0.3 is 30.3 Å². The molecule has 1 aromatic carbocycles.